The number of aryl methyl sites for hydroxylation is 1. The van der Waals surface area contributed by atoms with Crippen LogP contribution in [-0.4, -0.2) is 37.8 Å². The number of thiazole rings is 1. The maximum atomic E-state index is 13.5. The molecule has 0 spiro atoms. The van der Waals surface area contributed by atoms with E-state index in [1.54, 1.807) is 6.08 Å². The van der Waals surface area contributed by atoms with E-state index in [0.29, 0.717) is 25.0 Å². The highest BCUT2D eigenvalue weighted by molar-refractivity contribution is 8.30. The molecular formula is C39H35N3O4S3. The number of hydrogen-bond donors (Lipinski definition) is 1. The zero-order valence-corrected chi connectivity index (χ0v) is 29.9. The normalized spacial score (nSPS) is 15.6. The Balaban J connectivity index is 1.36. The minimum Gasteiger partial charge on any atom is -0.378 e. The number of carbonyl (C=O) groups is 1. The van der Waals surface area contributed by atoms with Crippen molar-refractivity contribution in [1.82, 2.24) is 9.63 Å². The van der Waals surface area contributed by atoms with Crippen LogP contribution in [0, 0.1) is 6.92 Å². The van der Waals surface area contributed by atoms with E-state index >= 15 is 0 Å². The molecule has 1 aliphatic heterocycles. The highest BCUT2D eigenvalue weighted by Crippen LogP contribution is 2.35. The summed E-state index contributed by atoms with van der Waals surface area (Å²) in [5.41, 5.74) is 7.96. The lowest BCUT2D eigenvalue weighted by Crippen LogP contribution is -2.41. The lowest BCUT2D eigenvalue weighted by Gasteiger charge is -2.26. The van der Waals surface area contributed by atoms with Gasteiger partial charge in [-0.15, -0.1) is 16.1 Å². The first-order valence-corrected chi connectivity index (χ1v) is 17.8. The third-order valence-corrected chi connectivity index (χ3v) is 10.6. The average Bonchev–Trinajstić information content (AvgIpc) is 3.56. The predicted octanol–water partition coefficient (Wildman–Crippen LogP) is 6.83. The van der Waals surface area contributed by atoms with Crippen LogP contribution in [0.5, 0.6) is 0 Å². The van der Waals surface area contributed by atoms with Crippen molar-refractivity contribution in [2.75, 3.05) is 11.4 Å². The van der Waals surface area contributed by atoms with E-state index in [1.165, 1.54) is 28.5 Å². The first-order valence-electron chi connectivity index (χ1n) is 15.8. The number of nitrogens with zero attached hydrogens (tertiary/aromatic N) is 3. The summed E-state index contributed by atoms with van der Waals surface area (Å²) in [7, 11) is 0. The molecule has 2 heterocycles. The number of carbonyl (C=O) groups excluding carboxylic acids is 1. The monoisotopic (exact) mass is 705 g/mol. The summed E-state index contributed by atoms with van der Waals surface area (Å²) in [6, 6.07) is 35.1. The Labute approximate surface area is 298 Å². The number of aliphatic hydroxyl groups is 1. The molecule has 5 aromatic rings. The Morgan fingerprint density at radius 3 is 2.02 bits per heavy atom. The maximum Gasteiger partial charge on any atom is 0.301 e. The summed E-state index contributed by atoms with van der Waals surface area (Å²) in [6.45, 7) is 7.85. The van der Waals surface area contributed by atoms with Crippen molar-refractivity contribution < 1.29 is 14.7 Å². The number of aromatic nitrogens is 1. The molecule has 1 unspecified atom stereocenters. The van der Waals surface area contributed by atoms with E-state index in [1.807, 2.05) is 49.4 Å². The van der Waals surface area contributed by atoms with E-state index in [0.717, 1.165) is 56.0 Å². The quantitative estimate of drug-likeness (QED) is 0.102. The molecule has 0 bridgehead atoms. The molecule has 0 radical (unpaired) electrons. The van der Waals surface area contributed by atoms with E-state index < -0.39 is 11.8 Å². The number of rotatable bonds is 9. The fraction of sp³-hybridized carbons (Fsp3) is 0.154. The van der Waals surface area contributed by atoms with Gasteiger partial charge in [0.2, 0.25) is 6.29 Å². The molecule has 248 valence electrons. The molecule has 1 amide bonds. The molecule has 4 aromatic carbocycles. The minimum absolute atomic E-state index is 0.288. The second-order valence-corrected chi connectivity index (χ2v) is 14.2. The molecule has 1 N–H and O–H groups in total. The van der Waals surface area contributed by atoms with Crippen LogP contribution in [0.1, 0.15) is 43.0 Å². The van der Waals surface area contributed by atoms with Crippen LogP contribution in [0.2, 0.25) is 0 Å². The Kier molecular flexibility index (Phi) is 10.3. The van der Waals surface area contributed by atoms with Crippen LogP contribution < -0.4 is 24.5 Å². The number of amides is 1. The molecule has 1 atom stereocenters. The Hall–Kier alpha value is -4.74. The Bertz CT molecular complexity index is 2210. The van der Waals surface area contributed by atoms with Gasteiger partial charge < -0.3 is 14.8 Å². The Morgan fingerprint density at radius 2 is 1.47 bits per heavy atom. The fourth-order valence-electron chi connectivity index (χ4n) is 5.43. The number of benzene rings is 4. The second kappa shape index (κ2) is 14.8. The van der Waals surface area contributed by atoms with Crippen molar-refractivity contribution in [3.63, 3.8) is 0 Å². The smallest absolute Gasteiger partial charge is 0.301 e. The third-order valence-electron chi connectivity index (χ3n) is 7.91. The molecule has 1 aliphatic rings. The van der Waals surface area contributed by atoms with Crippen LogP contribution in [0.3, 0.4) is 0 Å². The molecule has 1 fully saturated rings. The Morgan fingerprint density at radius 1 is 0.898 bits per heavy atom. The summed E-state index contributed by atoms with van der Waals surface area (Å²) in [5, 5.41) is 9.97. The summed E-state index contributed by atoms with van der Waals surface area (Å²) >= 11 is 7.63. The summed E-state index contributed by atoms with van der Waals surface area (Å²) in [6.07, 6.45) is 2.68. The molecule has 49 heavy (non-hydrogen) atoms. The number of thiocarbonyl (C=S) groups is 1. The van der Waals surface area contributed by atoms with Crippen molar-refractivity contribution in [2.24, 2.45) is 0 Å². The van der Waals surface area contributed by atoms with Crippen molar-refractivity contribution in [2.45, 2.75) is 34.0 Å². The van der Waals surface area contributed by atoms with E-state index in [4.69, 9.17) is 17.1 Å². The van der Waals surface area contributed by atoms with Gasteiger partial charge in [-0.2, -0.15) is 0 Å². The van der Waals surface area contributed by atoms with Crippen molar-refractivity contribution in [3.05, 3.63) is 145 Å². The van der Waals surface area contributed by atoms with Gasteiger partial charge in [-0.3, -0.25) is 14.5 Å². The first kappa shape index (κ1) is 34.1. The van der Waals surface area contributed by atoms with Crippen LogP contribution in [-0.2, 0) is 4.79 Å². The zero-order valence-electron chi connectivity index (χ0n) is 27.5. The first-order chi connectivity index (χ1) is 23.6. The minimum atomic E-state index is -1.26. The van der Waals surface area contributed by atoms with Crippen LogP contribution in [0.25, 0.3) is 22.6 Å². The van der Waals surface area contributed by atoms with Gasteiger partial charge in [0.25, 0.3) is 5.91 Å². The highest BCUT2D eigenvalue weighted by atomic mass is 32.2. The van der Waals surface area contributed by atoms with Crippen molar-refractivity contribution in [1.29, 1.82) is 0 Å². The van der Waals surface area contributed by atoms with Gasteiger partial charge in [0.1, 0.15) is 9.23 Å². The molecule has 6 rings (SSSR count). The number of anilines is 3. The third kappa shape index (κ3) is 7.47. The largest absolute Gasteiger partial charge is 0.378 e. The molecule has 0 saturated carbocycles. The number of allylic oxidation sites excluding steroid dienone is 1. The summed E-state index contributed by atoms with van der Waals surface area (Å²) in [4.78, 5) is 36.0. The van der Waals surface area contributed by atoms with Crippen LogP contribution in [0.4, 0.5) is 17.1 Å². The van der Waals surface area contributed by atoms with Gasteiger partial charge in [-0.05, 0) is 85.5 Å². The topological polar surface area (TPSA) is 75.0 Å². The molecular weight excluding hydrogens is 671 g/mol. The van der Waals surface area contributed by atoms with E-state index in [2.05, 4.69) is 85.5 Å². The van der Waals surface area contributed by atoms with Crippen LogP contribution in [0.15, 0.2) is 108 Å². The molecule has 7 nitrogen and oxygen atoms in total. The lowest BCUT2D eigenvalue weighted by molar-refractivity contribution is -0.120. The van der Waals surface area contributed by atoms with E-state index in [9.17, 15) is 14.7 Å². The maximum absolute atomic E-state index is 13.5. The molecule has 1 saturated heterocycles. The van der Waals surface area contributed by atoms with Crippen molar-refractivity contribution >= 4 is 85.2 Å². The fourth-order valence-corrected chi connectivity index (χ4v) is 7.96. The number of aliphatic hydroxyl groups excluding tert-OH is 1. The van der Waals surface area contributed by atoms with Gasteiger partial charge in [-0.1, -0.05) is 102 Å². The van der Waals surface area contributed by atoms with Gasteiger partial charge in [0.15, 0.2) is 4.66 Å². The van der Waals surface area contributed by atoms with Gasteiger partial charge >= 0.3 is 5.56 Å². The standard InChI is InChI=1S/C39H35N3O4S3/c1-5-40-37(45)35(49-39(40)47)38-42(46-27(4)43)36(44)34(48-38)24-29-15-21-33(22-16-29)41(31-17-11-25(2)12-18-31)32-19-13-28(14-20-32)23-26(3)30-9-7-6-8-10-30/h6-24,27,43H,5H2,1-4H3/b26-23-,34-24-,38-35+. The molecule has 0 aliphatic carbocycles. The molecule has 10 heteroatoms. The summed E-state index contributed by atoms with van der Waals surface area (Å²) < 4.78 is 2.07. The highest BCUT2D eigenvalue weighted by Gasteiger charge is 2.33. The predicted molar refractivity (Wildman–Crippen MR) is 206 cm³/mol. The zero-order chi connectivity index (χ0) is 34.7. The number of thioether (sulfide) groups is 1. The average molecular weight is 706 g/mol. The van der Waals surface area contributed by atoms with Crippen LogP contribution >= 0.6 is 35.3 Å². The molecule has 1 aromatic heterocycles. The van der Waals surface area contributed by atoms with E-state index in [-0.39, 0.29) is 5.91 Å². The summed E-state index contributed by atoms with van der Waals surface area (Å²) in [5.74, 6) is -0.288. The van der Waals surface area contributed by atoms with Crippen molar-refractivity contribution in [3.8, 4) is 0 Å². The van der Waals surface area contributed by atoms with Gasteiger partial charge in [-0.25, -0.2) is 0 Å². The SMILES string of the molecule is CCN1C(=O)/C(=c2\s/c(=C\c3ccc(N(c4ccc(C)cc4)c4ccc(/C=C(/C)c5ccccc5)cc4)cc3)c(=O)n2OC(C)O)SC1=S. The van der Waals surface area contributed by atoms with Gasteiger partial charge in [0, 0.05) is 30.5 Å². The second-order valence-electron chi connectivity index (χ2n) is 11.5. The number of hydrogen-bond acceptors (Lipinski definition) is 8. The lowest BCUT2D eigenvalue weighted by atomic mass is 10.0. The van der Waals surface area contributed by atoms with Gasteiger partial charge in [0.05, 0.1) is 4.53 Å².